The van der Waals surface area contributed by atoms with Crippen molar-refractivity contribution in [3.05, 3.63) is 29.3 Å². The van der Waals surface area contributed by atoms with E-state index in [-0.39, 0.29) is 11.4 Å². The van der Waals surface area contributed by atoms with Gasteiger partial charge in [-0.3, -0.25) is 0 Å². The van der Waals surface area contributed by atoms with Crippen molar-refractivity contribution < 1.29 is 8.42 Å². The average molecular weight is 288 g/mol. The minimum atomic E-state index is -3.46. The molecular formula is C13H18ClNO2S. The van der Waals surface area contributed by atoms with Gasteiger partial charge in [-0.2, -0.15) is 0 Å². The zero-order valence-electron chi connectivity index (χ0n) is 10.6. The van der Waals surface area contributed by atoms with E-state index in [0.717, 1.165) is 30.4 Å². The molecule has 1 fully saturated rings. The van der Waals surface area contributed by atoms with Crippen LogP contribution >= 0.6 is 11.6 Å². The Bertz CT molecular complexity index is 542. The summed E-state index contributed by atoms with van der Waals surface area (Å²) < 4.78 is 27.3. The number of alkyl halides is 1. The molecule has 0 saturated heterocycles. The predicted octanol–water partition coefficient (Wildman–Crippen LogP) is 2.74. The van der Waals surface area contributed by atoms with E-state index in [9.17, 15) is 8.42 Å². The van der Waals surface area contributed by atoms with Crippen molar-refractivity contribution in [1.29, 1.82) is 0 Å². The van der Waals surface area contributed by atoms with Gasteiger partial charge in [0.1, 0.15) is 0 Å². The van der Waals surface area contributed by atoms with E-state index < -0.39 is 10.0 Å². The second kappa shape index (κ2) is 5.19. The van der Waals surface area contributed by atoms with E-state index in [2.05, 4.69) is 4.72 Å². The van der Waals surface area contributed by atoms with Gasteiger partial charge in [-0.1, -0.05) is 24.1 Å². The molecule has 1 aromatic rings. The van der Waals surface area contributed by atoms with Gasteiger partial charge < -0.3 is 0 Å². The van der Waals surface area contributed by atoms with Crippen LogP contribution in [0.3, 0.4) is 0 Å². The monoisotopic (exact) mass is 287 g/mol. The van der Waals surface area contributed by atoms with Crippen molar-refractivity contribution in [2.45, 2.75) is 49.4 Å². The molecule has 0 aromatic heterocycles. The molecule has 0 radical (unpaired) electrons. The average Bonchev–Trinajstić information content (AvgIpc) is 2.63. The Hall–Kier alpha value is -0.580. The zero-order chi connectivity index (χ0) is 13.3. The van der Waals surface area contributed by atoms with Crippen molar-refractivity contribution in [2.75, 3.05) is 0 Å². The molecular weight excluding hydrogens is 270 g/mol. The van der Waals surface area contributed by atoms with Gasteiger partial charge in [0.05, 0.1) is 4.90 Å². The number of hydrogen-bond donors (Lipinski definition) is 1. The van der Waals surface area contributed by atoms with E-state index >= 15 is 0 Å². The molecule has 0 bridgehead atoms. The molecule has 0 aliphatic heterocycles. The molecule has 2 rings (SSSR count). The summed E-state index contributed by atoms with van der Waals surface area (Å²) in [4.78, 5) is 0.351. The molecule has 2 unspecified atom stereocenters. The Morgan fingerprint density at radius 3 is 2.56 bits per heavy atom. The third-order valence-electron chi connectivity index (χ3n) is 3.36. The molecule has 2 atom stereocenters. The molecule has 100 valence electrons. The van der Waals surface area contributed by atoms with Crippen LogP contribution < -0.4 is 4.72 Å². The second-order valence-electron chi connectivity index (χ2n) is 4.94. The highest BCUT2D eigenvalue weighted by Gasteiger charge is 2.30. The van der Waals surface area contributed by atoms with Crippen LogP contribution in [0.15, 0.2) is 23.1 Å². The summed E-state index contributed by atoms with van der Waals surface area (Å²) in [5.74, 6) is 0. The van der Waals surface area contributed by atoms with Crippen LogP contribution in [-0.4, -0.2) is 19.8 Å². The molecule has 5 heteroatoms. The van der Waals surface area contributed by atoms with Crippen molar-refractivity contribution in [3.8, 4) is 0 Å². The maximum absolute atomic E-state index is 12.3. The van der Waals surface area contributed by atoms with Gasteiger partial charge in [0, 0.05) is 11.4 Å². The maximum Gasteiger partial charge on any atom is 0.241 e. The lowest BCUT2D eigenvalue weighted by atomic mass is 10.2. The normalized spacial score (nSPS) is 24.4. The summed E-state index contributed by atoms with van der Waals surface area (Å²) in [5.41, 5.74) is 1.83. The Balaban J connectivity index is 2.25. The molecule has 1 saturated carbocycles. The van der Waals surface area contributed by atoms with E-state index in [1.165, 1.54) is 0 Å². The molecule has 18 heavy (non-hydrogen) atoms. The number of benzene rings is 1. The van der Waals surface area contributed by atoms with Crippen LogP contribution in [0.2, 0.25) is 0 Å². The number of halogens is 1. The highest BCUT2D eigenvalue weighted by Crippen LogP contribution is 2.26. The van der Waals surface area contributed by atoms with Crippen LogP contribution in [0.25, 0.3) is 0 Å². The van der Waals surface area contributed by atoms with Crippen LogP contribution in [0.5, 0.6) is 0 Å². The minimum Gasteiger partial charge on any atom is -0.207 e. The van der Waals surface area contributed by atoms with Gasteiger partial charge in [0.15, 0.2) is 0 Å². The lowest BCUT2D eigenvalue weighted by Crippen LogP contribution is -2.38. The summed E-state index contributed by atoms with van der Waals surface area (Å²) in [6.45, 7) is 3.76. The molecule has 1 aromatic carbocycles. The quantitative estimate of drug-likeness (QED) is 0.869. The summed E-state index contributed by atoms with van der Waals surface area (Å²) >= 11 is 6.11. The largest absolute Gasteiger partial charge is 0.241 e. The highest BCUT2D eigenvalue weighted by molar-refractivity contribution is 7.89. The van der Waals surface area contributed by atoms with Gasteiger partial charge in [-0.15, -0.1) is 11.6 Å². The number of nitrogens with one attached hydrogen (secondary N) is 1. The lowest BCUT2D eigenvalue weighted by Gasteiger charge is -2.17. The van der Waals surface area contributed by atoms with Crippen molar-refractivity contribution >= 4 is 21.6 Å². The van der Waals surface area contributed by atoms with E-state index in [1.54, 1.807) is 6.07 Å². The van der Waals surface area contributed by atoms with Crippen LogP contribution in [-0.2, 0) is 10.0 Å². The van der Waals surface area contributed by atoms with E-state index in [0.29, 0.717) is 4.90 Å². The van der Waals surface area contributed by atoms with Crippen LogP contribution in [0.4, 0.5) is 0 Å². The molecule has 0 spiro atoms. The number of aryl methyl sites for hydroxylation is 2. The fourth-order valence-electron chi connectivity index (χ4n) is 2.41. The topological polar surface area (TPSA) is 46.2 Å². The van der Waals surface area contributed by atoms with Gasteiger partial charge in [-0.25, -0.2) is 13.1 Å². The molecule has 1 aliphatic rings. The second-order valence-corrected chi connectivity index (χ2v) is 7.19. The standard InChI is InChI=1S/C13H18ClNO2S/c1-9-6-7-13(10(2)8-9)18(16,17)15-12-5-3-4-11(12)14/h6-8,11-12,15H,3-5H2,1-2H3. The Labute approximate surface area is 114 Å². The first-order valence-corrected chi connectivity index (χ1v) is 8.06. The maximum atomic E-state index is 12.3. The molecule has 0 amide bonds. The fourth-order valence-corrected chi connectivity index (χ4v) is 4.37. The fraction of sp³-hybridized carbons (Fsp3) is 0.538. The van der Waals surface area contributed by atoms with Gasteiger partial charge in [0.2, 0.25) is 10.0 Å². The summed E-state index contributed by atoms with van der Waals surface area (Å²) in [5, 5.41) is -0.0921. The molecule has 0 heterocycles. The first-order chi connectivity index (χ1) is 8.40. The Kier molecular flexibility index (Phi) is 3.99. The SMILES string of the molecule is Cc1ccc(S(=O)(=O)NC2CCCC2Cl)c(C)c1. The van der Waals surface area contributed by atoms with E-state index in [4.69, 9.17) is 11.6 Å². The van der Waals surface area contributed by atoms with Crippen LogP contribution in [0, 0.1) is 13.8 Å². The summed E-state index contributed by atoms with van der Waals surface area (Å²) in [6.07, 6.45) is 2.67. The molecule has 1 aliphatic carbocycles. The van der Waals surface area contributed by atoms with Gasteiger partial charge in [-0.05, 0) is 38.3 Å². The third-order valence-corrected chi connectivity index (χ3v) is 5.53. The van der Waals surface area contributed by atoms with Crippen LogP contribution in [0.1, 0.15) is 30.4 Å². The lowest BCUT2D eigenvalue weighted by molar-refractivity contribution is 0.553. The third kappa shape index (κ3) is 2.87. The smallest absolute Gasteiger partial charge is 0.207 e. The number of sulfonamides is 1. The minimum absolute atomic E-state index is 0.0921. The Morgan fingerprint density at radius 2 is 2.00 bits per heavy atom. The van der Waals surface area contributed by atoms with Gasteiger partial charge in [0.25, 0.3) is 0 Å². The predicted molar refractivity (Wildman–Crippen MR) is 73.5 cm³/mol. The summed E-state index contributed by atoms with van der Waals surface area (Å²) in [7, 11) is -3.46. The molecule has 3 nitrogen and oxygen atoms in total. The van der Waals surface area contributed by atoms with E-state index in [1.807, 2.05) is 26.0 Å². The Morgan fingerprint density at radius 1 is 1.28 bits per heavy atom. The molecule has 1 N–H and O–H groups in total. The first-order valence-electron chi connectivity index (χ1n) is 6.14. The number of hydrogen-bond acceptors (Lipinski definition) is 2. The number of rotatable bonds is 3. The van der Waals surface area contributed by atoms with Gasteiger partial charge >= 0.3 is 0 Å². The van der Waals surface area contributed by atoms with Crippen molar-refractivity contribution in [2.24, 2.45) is 0 Å². The van der Waals surface area contributed by atoms with Crippen molar-refractivity contribution in [1.82, 2.24) is 4.72 Å². The first kappa shape index (κ1) is 13.8. The summed E-state index contributed by atoms with van der Waals surface area (Å²) in [6, 6.07) is 5.21. The zero-order valence-corrected chi connectivity index (χ0v) is 12.2. The highest BCUT2D eigenvalue weighted by atomic mass is 35.5. The van der Waals surface area contributed by atoms with Crippen molar-refractivity contribution in [3.63, 3.8) is 0 Å².